The van der Waals surface area contributed by atoms with Gasteiger partial charge >= 0.3 is 0 Å². The summed E-state index contributed by atoms with van der Waals surface area (Å²) in [4.78, 5) is 0. The van der Waals surface area contributed by atoms with Gasteiger partial charge in [-0.05, 0) is 34.1 Å². The first-order valence-electron chi connectivity index (χ1n) is 8.54. The highest BCUT2D eigenvalue weighted by Gasteiger charge is 2.49. The first-order valence-corrected chi connectivity index (χ1v) is 8.54. The highest BCUT2D eigenvalue weighted by molar-refractivity contribution is 5.59. The van der Waals surface area contributed by atoms with Gasteiger partial charge in [0.15, 0.2) is 0 Å². The van der Waals surface area contributed by atoms with Gasteiger partial charge < -0.3 is 0 Å². The smallest absolute Gasteiger partial charge is 0.0254 e. The average Bonchev–Trinajstić information content (AvgIpc) is 2.47. The Bertz CT molecular complexity index is 629. The van der Waals surface area contributed by atoms with Crippen molar-refractivity contribution in [3.63, 3.8) is 0 Å². The zero-order chi connectivity index (χ0) is 16.1. The first kappa shape index (κ1) is 15.3. The van der Waals surface area contributed by atoms with E-state index in [9.17, 15) is 0 Å². The lowest BCUT2D eigenvalue weighted by atomic mass is 9.51. The predicted octanol–water partition coefficient (Wildman–Crippen LogP) is 5.92. The second kappa shape index (κ2) is 4.98. The second-order valence-corrected chi connectivity index (χ2v) is 7.89. The summed E-state index contributed by atoms with van der Waals surface area (Å²) in [6, 6.07) is 18.2. The number of benzene rings is 2. The minimum Gasteiger partial charge on any atom is -0.0619 e. The van der Waals surface area contributed by atoms with Crippen LogP contribution in [0.25, 0.3) is 0 Å². The number of fused-ring (bicyclic) bond motifs is 2. The van der Waals surface area contributed by atoms with Gasteiger partial charge in [0.25, 0.3) is 0 Å². The Morgan fingerprint density at radius 2 is 0.909 bits per heavy atom. The van der Waals surface area contributed by atoms with Gasteiger partial charge in [-0.25, -0.2) is 0 Å². The molecule has 0 heterocycles. The zero-order valence-corrected chi connectivity index (χ0v) is 14.8. The highest BCUT2D eigenvalue weighted by Crippen LogP contribution is 2.55. The van der Waals surface area contributed by atoms with Crippen LogP contribution in [0.3, 0.4) is 0 Å². The predicted molar refractivity (Wildman–Crippen MR) is 95.5 cm³/mol. The topological polar surface area (TPSA) is 0 Å². The quantitative estimate of drug-likeness (QED) is 0.644. The molecular formula is C22H28. The maximum Gasteiger partial charge on any atom is 0.0254 e. The Morgan fingerprint density at radius 3 is 1.23 bits per heavy atom. The van der Waals surface area contributed by atoms with E-state index >= 15 is 0 Å². The Balaban J connectivity index is 2.48. The minimum absolute atomic E-state index is 0.0699. The van der Waals surface area contributed by atoms with Crippen molar-refractivity contribution in [2.45, 2.75) is 52.4 Å². The van der Waals surface area contributed by atoms with Crippen LogP contribution in [0.15, 0.2) is 48.5 Å². The van der Waals surface area contributed by atoms with Crippen LogP contribution in [0, 0.1) is 11.8 Å². The molecule has 0 bridgehead atoms. The summed E-state index contributed by atoms with van der Waals surface area (Å²) in [5.41, 5.74) is 6.22. The van der Waals surface area contributed by atoms with Crippen molar-refractivity contribution in [1.82, 2.24) is 0 Å². The lowest BCUT2D eigenvalue weighted by Crippen LogP contribution is -2.46. The maximum atomic E-state index is 2.38. The standard InChI is InChI=1S/C22H28/c1-15(2)22(16(3)4)19-13-9-7-11-17(19)21(5,6)18-12-8-10-14-20(18)22/h7-16H,1-6H3. The molecule has 0 saturated heterocycles. The molecule has 0 fully saturated rings. The van der Waals surface area contributed by atoms with E-state index in [4.69, 9.17) is 0 Å². The number of rotatable bonds is 2. The van der Waals surface area contributed by atoms with Crippen molar-refractivity contribution in [3.05, 3.63) is 70.8 Å². The summed E-state index contributed by atoms with van der Waals surface area (Å²) < 4.78 is 0. The summed E-state index contributed by atoms with van der Waals surface area (Å²) in [5, 5.41) is 0. The fraction of sp³-hybridized carbons (Fsp3) is 0.455. The van der Waals surface area contributed by atoms with Gasteiger partial charge in [0.05, 0.1) is 0 Å². The maximum absolute atomic E-state index is 2.38. The third-order valence-corrected chi connectivity index (χ3v) is 5.91. The molecule has 0 aromatic heterocycles. The fourth-order valence-electron chi connectivity index (χ4n) is 4.98. The van der Waals surface area contributed by atoms with E-state index < -0.39 is 0 Å². The van der Waals surface area contributed by atoms with Crippen LogP contribution < -0.4 is 0 Å². The van der Waals surface area contributed by atoms with Crippen LogP contribution in [0.2, 0.25) is 0 Å². The molecule has 0 saturated carbocycles. The third-order valence-electron chi connectivity index (χ3n) is 5.91. The Hall–Kier alpha value is -1.56. The molecule has 0 radical (unpaired) electrons. The molecule has 0 aliphatic heterocycles. The van der Waals surface area contributed by atoms with Gasteiger partial charge in [-0.1, -0.05) is 90.1 Å². The molecule has 1 aliphatic carbocycles. The summed E-state index contributed by atoms with van der Waals surface area (Å²) in [5.74, 6) is 1.12. The third kappa shape index (κ3) is 1.76. The second-order valence-electron chi connectivity index (χ2n) is 7.89. The van der Waals surface area contributed by atoms with Gasteiger partial charge in [-0.2, -0.15) is 0 Å². The van der Waals surface area contributed by atoms with E-state index in [0.717, 1.165) is 0 Å². The van der Waals surface area contributed by atoms with E-state index in [1.807, 2.05) is 0 Å². The van der Waals surface area contributed by atoms with Gasteiger partial charge in [-0.15, -0.1) is 0 Å². The van der Waals surface area contributed by atoms with Crippen molar-refractivity contribution in [2.75, 3.05) is 0 Å². The van der Waals surface area contributed by atoms with Crippen LogP contribution in [-0.4, -0.2) is 0 Å². The normalized spacial score (nSPS) is 18.2. The largest absolute Gasteiger partial charge is 0.0619 e. The highest BCUT2D eigenvalue weighted by atomic mass is 14.5. The summed E-state index contributed by atoms with van der Waals surface area (Å²) >= 11 is 0. The molecule has 0 spiro atoms. The van der Waals surface area contributed by atoms with Crippen LogP contribution in [0.1, 0.15) is 63.8 Å². The lowest BCUT2D eigenvalue weighted by molar-refractivity contribution is 0.257. The average molecular weight is 292 g/mol. The SMILES string of the molecule is CC(C)C1(C(C)C)c2ccccc2C(C)(C)c2ccccc21. The molecule has 0 atom stereocenters. The monoisotopic (exact) mass is 292 g/mol. The lowest BCUT2D eigenvalue weighted by Gasteiger charge is -2.51. The molecule has 0 heteroatoms. The molecule has 22 heavy (non-hydrogen) atoms. The molecule has 2 aromatic rings. The summed E-state index contributed by atoms with van der Waals surface area (Å²) in [7, 11) is 0. The number of hydrogen-bond acceptors (Lipinski definition) is 0. The van der Waals surface area contributed by atoms with Crippen LogP contribution >= 0.6 is 0 Å². The van der Waals surface area contributed by atoms with Gasteiger partial charge in [0.2, 0.25) is 0 Å². The Labute approximate surface area is 135 Å². The van der Waals surface area contributed by atoms with Gasteiger partial charge in [0, 0.05) is 10.8 Å². The Kier molecular flexibility index (Phi) is 3.47. The van der Waals surface area contributed by atoms with E-state index in [0.29, 0.717) is 11.8 Å². The van der Waals surface area contributed by atoms with E-state index in [1.165, 1.54) is 22.3 Å². The molecule has 1 aliphatic rings. The molecule has 3 rings (SSSR count). The van der Waals surface area contributed by atoms with Crippen molar-refractivity contribution in [2.24, 2.45) is 11.8 Å². The van der Waals surface area contributed by atoms with E-state index in [-0.39, 0.29) is 10.8 Å². The molecule has 116 valence electrons. The molecular weight excluding hydrogens is 264 g/mol. The minimum atomic E-state index is 0.0699. The van der Waals surface area contributed by atoms with E-state index in [2.05, 4.69) is 90.1 Å². The van der Waals surface area contributed by atoms with Crippen molar-refractivity contribution in [1.29, 1.82) is 0 Å². The zero-order valence-electron chi connectivity index (χ0n) is 14.8. The van der Waals surface area contributed by atoms with Crippen LogP contribution in [0.4, 0.5) is 0 Å². The van der Waals surface area contributed by atoms with Crippen molar-refractivity contribution >= 4 is 0 Å². The van der Waals surface area contributed by atoms with Crippen LogP contribution in [0.5, 0.6) is 0 Å². The Morgan fingerprint density at radius 1 is 0.591 bits per heavy atom. The molecule has 0 N–H and O–H groups in total. The molecule has 0 amide bonds. The van der Waals surface area contributed by atoms with Crippen molar-refractivity contribution in [3.8, 4) is 0 Å². The molecule has 0 unspecified atom stereocenters. The van der Waals surface area contributed by atoms with Crippen molar-refractivity contribution < 1.29 is 0 Å². The summed E-state index contributed by atoms with van der Waals surface area (Å²) in [6.45, 7) is 14.3. The fourth-order valence-corrected chi connectivity index (χ4v) is 4.98. The number of hydrogen-bond donors (Lipinski definition) is 0. The molecule has 0 nitrogen and oxygen atoms in total. The van der Waals surface area contributed by atoms with Gasteiger partial charge in [-0.3, -0.25) is 0 Å². The van der Waals surface area contributed by atoms with Gasteiger partial charge in [0.1, 0.15) is 0 Å². The van der Waals surface area contributed by atoms with Crippen LogP contribution in [-0.2, 0) is 10.8 Å². The summed E-state index contributed by atoms with van der Waals surface area (Å²) in [6.07, 6.45) is 0. The first-order chi connectivity index (χ1) is 10.3. The molecule has 2 aromatic carbocycles. The van der Waals surface area contributed by atoms with E-state index in [1.54, 1.807) is 0 Å².